The molecule has 0 aliphatic carbocycles. The topological polar surface area (TPSA) is 114 Å². The first-order valence-electron chi connectivity index (χ1n) is 10.6. The molecule has 0 saturated heterocycles. The highest BCUT2D eigenvalue weighted by Crippen LogP contribution is 2.30. The monoisotopic (exact) mass is 452 g/mol. The van der Waals surface area contributed by atoms with E-state index in [4.69, 9.17) is 0 Å². The fraction of sp³-hybridized carbons (Fsp3) is 0.0769. The maximum Gasteiger partial charge on any atom is 0.278 e. The Bertz CT molecular complexity index is 1520. The maximum absolute atomic E-state index is 13.3. The van der Waals surface area contributed by atoms with Crippen LogP contribution in [-0.2, 0) is 6.42 Å². The number of nitrogens with zero attached hydrogens (tertiary/aromatic N) is 3. The molecule has 0 atom stereocenters. The average molecular weight is 452 g/mol. The molecule has 0 fully saturated rings. The summed E-state index contributed by atoms with van der Waals surface area (Å²) in [5, 5.41) is 20.7. The van der Waals surface area contributed by atoms with Crippen LogP contribution in [0.25, 0.3) is 28.3 Å². The van der Waals surface area contributed by atoms with Crippen LogP contribution in [0.4, 0.5) is 5.69 Å². The molecule has 3 aromatic carbocycles. The number of aryl methyl sites for hydroxylation is 1. The highest BCUT2D eigenvalue weighted by Gasteiger charge is 2.21. The zero-order valence-electron chi connectivity index (χ0n) is 18.2. The number of phenolic OH excluding ortho intramolecular Hbond substituents is 1. The van der Waals surface area contributed by atoms with Crippen molar-refractivity contribution in [3.8, 4) is 34.1 Å². The van der Waals surface area contributed by atoms with E-state index >= 15 is 0 Å². The van der Waals surface area contributed by atoms with Crippen molar-refractivity contribution in [1.29, 1.82) is 0 Å². The second-order valence-corrected chi connectivity index (χ2v) is 8.11. The van der Waals surface area contributed by atoms with Gasteiger partial charge in [-0.1, -0.05) is 29.8 Å². The minimum absolute atomic E-state index is 0.0256. The third kappa shape index (κ3) is 3.93. The van der Waals surface area contributed by atoms with Gasteiger partial charge in [-0.15, -0.1) is 0 Å². The predicted octanol–water partition coefficient (Wildman–Crippen LogP) is 4.85. The normalized spacial score (nSPS) is 11.1. The van der Waals surface area contributed by atoms with Crippen molar-refractivity contribution >= 4 is 5.69 Å². The quantitative estimate of drug-likeness (QED) is 0.292. The number of nitro groups is 1. The van der Waals surface area contributed by atoms with Crippen LogP contribution in [0.1, 0.15) is 16.8 Å². The van der Waals surface area contributed by atoms with Gasteiger partial charge >= 0.3 is 0 Å². The molecule has 0 amide bonds. The first-order chi connectivity index (χ1) is 16.4. The number of rotatable bonds is 5. The Labute approximate surface area is 194 Å². The summed E-state index contributed by atoms with van der Waals surface area (Å²) in [6.07, 6.45) is 2.07. The Morgan fingerprint density at radius 2 is 1.62 bits per heavy atom. The number of imidazole rings is 1. The Hall–Kier alpha value is -4.72. The molecule has 0 unspecified atom stereocenters. The van der Waals surface area contributed by atoms with Gasteiger partial charge in [-0.05, 0) is 54.4 Å². The van der Waals surface area contributed by atoms with Crippen molar-refractivity contribution in [1.82, 2.24) is 14.5 Å². The molecular weight excluding hydrogens is 432 g/mol. The van der Waals surface area contributed by atoms with E-state index < -0.39 is 4.92 Å². The van der Waals surface area contributed by atoms with Gasteiger partial charge in [0.05, 0.1) is 16.3 Å². The Balaban J connectivity index is 1.68. The van der Waals surface area contributed by atoms with Crippen LogP contribution in [0.15, 0.2) is 83.8 Å². The lowest BCUT2D eigenvalue weighted by molar-refractivity contribution is -0.384. The van der Waals surface area contributed by atoms with Gasteiger partial charge in [0.25, 0.3) is 11.2 Å². The third-order valence-electron chi connectivity index (χ3n) is 5.71. The van der Waals surface area contributed by atoms with Crippen molar-refractivity contribution < 1.29 is 10.0 Å². The molecule has 0 radical (unpaired) electrons. The van der Waals surface area contributed by atoms with Crippen LogP contribution in [0, 0.1) is 17.0 Å². The molecular formula is C26H20N4O4. The number of hydrogen-bond acceptors (Lipinski definition) is 5. The molecule has 168 valence electrons. The van der Waals surface area contributed by atoms with Crippen LogP contribution in [0.5, 0.6) is 5.75 Å². The second-order valence-electron chi connectivity index (χ2n) is 8.11. The number of aromatic hydroxyl groups is 1. The number of aromatic nitrogens is 3. The Morgan fingerprint density at radius 3 is 2.26 bits per heavy atom. The maximum atomic E-state index is 13.3. The summed E-state index contributed by atoms with van der Waals surface area (Å²) in [5.74, 6) is 0.566. The van der Waals surface area contributed by atoms with Crippen molar-refractivity contribution in [2.75, 3.05) is 0 Å². The fourth-order valence-corrected chi connectivity index (χ4v) is 3.87. The first-order valence-corrected chi connectivity index (χ1v) is 10.6. The summed E-state index contributed by atoms with van der Waals surface area (Å²) in [5.41, 5.74) is 4.88. The lowest BCUT2D eigenvalue weighted by Crippen LogP contribution is -2.16. The lowest BCUT2D eigenvalue weighted by Gasteiger charge is -2.13. The number of H-pyrrole nitrogens is 1. The summed E-state index contributed by atoms with van der Waals surface area (Å²) in [4.78, 5) is 31.9. The molecule has 0 bridgehead atoms. The van der Waals surface area contributed by atoms with Gasteiger partial charge in [-0.25, -0.2) is 4.98 Å². The zero-order valence-corrected chi connectivity index (χ0v) is 18.2. The average Bonchev–Trinajstić information content (AvgIpc) is 3.15. The van der Waals surface area contributed by atoms with Crippen molar-refractivity contribution in [2.45, 2.75) is 13.3 Å². The number of aromatic amines is 1. The minimum Gasteiger partial charge on any atom is -0.508 e. The largest absolute Gasteiger partial charge is 0.508 e. The summed E-state index contributed by atoms with van der Waals surface area (Å²) < 4.78 is 1.50. The van der Waals surface area contributed by atoms with E-state index in [-0.39, 0.29) is 17.0 Å². The molecule has 0 spiro atoms. The first kappa shape index (κ1) is 21.1. The lowest BCUT2D eigenvalue weighted by atomic mass is 10.1. The van der Waals surface area contributed by atoms with E-state index in [1.807, 2.05) is 31.2 Å². The molecule has 2 heterocycles. The van der Waals surface area contributed by atoms with E-state index in [2.05, 4.69) is 9.97 Å². The number of hydrogen-bond donors (Lipinski definition) is 2. The summed E-state index contributed by atoms with van der Waals surface area (Å²) in [7, 11) is 0. The van der Waals surface area contributed by atoms with Crippen LogP contribution < -0.4 is 5.56 Å². The predicted molar refractivity (Wildman–Crippen MR) is 129 cm³/mol. The summed E-state index contributed by atoms with van der Waals surface area (Å²) >= 11 is 0. The Morgan fingerprint density at radius 1 is 0.971 bits per heavy atom. The molecule has 5 rings (SSSR count). The van der Waals surface area contributed by atoms with Crippen LogP contribution >= 0.6 is 0 Å². The Kier molecular flexibility index (Phi) is 5.18. The van der Waals surface area contributed by atoms with E-state index in [0.29, 0.717) is 34.9 Å². The number of benzene rings is 3. The van der Waals surface area contributed by atoms with Crippen LogP contribution in [0.2, 0.25) is 0 Å². The molecule has 8 heteroatoms. The van der Waals surface area contributed by atoms with Gasteiger partial charge in [0, 0.05) is 30.3 Å². The van der Waals surface area contributed by atoms with Gasteiger partial charge < -0.3 is 10.1 Å². The molecule has 0 aromatic heterocycles. The highest BCUT2D eigenvalue weighted by atomic mass is 16.6. The summed E-state index contributed by atoms with van der Waals surface area (Å²) in [6, 6.07) is 20.6. The molecule has 2 aliphatic heterocycles. The summed E-state index contributed by atoms with van der Waals surface area (Å²) in [6.45, 7) is 2.00. The number of non-ortho nitro benzene ring substituents is 1. The van der Waals surface area contributed by atoms with Crippen LogP contribution in [0.3, 0.4) is 0 Å². The van der Waals surface area contributed by atoms with E-state index in [0.717, 1.165) is 16.7 Å². The van der Waals surface area contributed by atoms with Gasteiger partial charge in [-0.3, -0.25) is 19.5 Å². The second kappa shape index (κ2) is 8.32. The van der Waals surface area contributed by atoms with Crippen molar-refractivity contribution in [3.63, 3.8) is 0 Å². The number of nitrogens with one attached hydrogen (secondary N) is 1. The SMILES string of the molecule is Cc1ccc(Cc2nc3c(-c4ccc([N+](=O)[O-])cc4)[nH]c(-c4ccc(O)cc4)cn-3c2=O)cc1. The van der Waals surface area contributed by atoms with Crippen molar-refractivity contribution in [3.05, 3.63) is 116 Å². The number of phenols is 1. The molecule has 8 nitrogen and oxygen atoms in total. The van der Waals surface area contributed by atoms with Gasteiger partial charge in [0.15, 0.2) is 5.82 Å². The third-order valence-corrected chi connectivity index (χ3v) is 5.71. The van der Waals surface area contributed by atoms with Gasteiger partial charge in [0.2, 0.25) is 0 Å². The molecule has 3 aromatic rings. The minimum atomic E-state index is -0.457. The van der Waals surface area contributed by atoms with E-state index in [9.17, 15) is 20.0 Å². The molecule has 2 aliphatic rings. The van der Waals surface area contributed by atoms with Crippen LogP contribution in [-0.4, -0.2) is 24.6 Å². The van der Waals surface area contributed by atoms with E-state index in [1.54, 1.807) is 42.6 Å². The van der Waals surface area contributed by atoms with Gasteiger partial charge in [0.1, 0.15) is 11.4 Å². The molecule has 34 heavy (non-hydrogen) atoms. The number of fused-ring (bicyclic) bond motifs is 1. The smallest absolute Gasteiger partial charge is 0.278 e. The molecule has 2 N–H and O–H groups in total. The van der Waals surface area contributed by atoms with Gasteiger partial charge in [-0.2, -0.15) is 0 Å². The zero-order chi connectivity index (χ0) is 23.8. The highest BCUT2D eigenvalue weighted by molar-refractivity contribution is 5.72. The number of nitro benzene ring substituents is 1. The van der Waals surface area contributed by atoms with Crippen molar-refractivity contribution in [2.24, 2.45) is 0 Å². The van der Waals surface area contributed by atoms with E-state index in [1.165, 1.54) is 16.7 Å². The molecule has 0 saturated carbocycles. The fourth-order valence-electron chi connectivity index (χ4n) is 3.87. The standard InChI is InChI=1S/C26H20N4O4/c1-16-2-4-17(5-3-16)14-22-26(32)29-15-23(18-8-12-21(31)13-9-18)27-24(25(29)28-22)19-6-10-20(11-7-19)30(33)34/h2-13,15,27,31H,14H2,1H3.